The van der Waals surface area contributed by atoms with Gasteiger partial charge >= 0.3 is 0 Å². The van der Waals surface area contributed by atoms with Crippen molar-refractivity contribution in [3.63, 3.8) is 0 Å². The lowest BCUT2D eigenvalue weighted by Crippen LogP contribution is -2.10. The molecule has 3 heterocycles. The van der Waals surface area contributed by atoms with Crippen LogP contribution in [0.3, 0.4) is 0 Å². The van der Waals surface area contributed by atoms with Crippen LogP contribution in [0.1, 0.15) is 0 Å². The zero-order valence-electron chi connectivity index (χ0n) is 10.6. The van der Waals surface area contributed by atoms with E-state index in [2.05, 4.69) is 15.2 Å². The molecule has 96 valence electrons. The molecular formula is C15H11N5. The van der Waals surface area contributed by atoms with E-state index in [9.17, 15) is 0 Å². The number of benzene rings is 1. The molecule has 1 aromatic carbocycles. The van der Waals surface area contributed by atoms with Gasteiger partial charge in [0.25, 0.3) is 5.78 Å². The Morgan fingerprint density at radius 1 is 0.850 bits per heavy atom. The van der Waals surface area contributed by atoms with Gasteiger partial charge in [-0.25, -0.2) is 9.38 Å². The van der Waals surface area contributed by atoms with Crippen molar-refractivity contribution >= 4 is 22.6 Å². The number of anilines is 1. The molecule has 0 spiro atoms. The average Bonchev–Trinajstić information content (AvgIpc) is 2.75. The zero-order chi connectivity index (χ0) is 13.4. The minimum Gasteiger partial charge on any atom is -0.293 e. The van der Waals surface area contributed by atoms with Gasteiger partial charge in [0.05, 0.1) is 5.52 Å². The van der Waals surface area contributed by atoms with Gasteiger partial charge in [0.2, 0.25) is 5.95 Å². The largest absolute Gasteiger partial charge is 0.293 e. The van der Waals surface area contributed by atoms with Crippen LogP contribution in [0.4, 0.5) is 5.95 Å². The number of fused-ring (bicyclic) bond motifs is 3. The van der Waals surface area contributed by atoms with Crippen molar-refractivity contribution in [3.8, 4) is 0 Å². The maximum absolute atomic E-state index is 4.35. The SMILES string of the molecule is C1=CC=CN(c2nnc3ncc4ccccc4n23)C=C1. The van der Waals surface area contributed by atoms with Crippen molar-refractivity contribution in [2.24, 2.45) is 0 Å². The highest BCUT2D eigenvalue weighted by molar-refractivity contribution is 5.81. The van der Waals surface area contributed by atoms with Crippen LogP contribution >= 0.6 is 0 Å². The monoisotopic (exact) mass is 261 g/mol. The topological polar surface area (TPSA) is 46.3 Å². The van der Waals surface area contributed by atoms with Crippen LogP contribution in [0.25, 0.3) is 16.7 Å². The van der Waals surface area contributed by atoms with Crippen LogP contribution in [0, 0.1) is 0 Å². The molecule has 0 amide bonds. The third kappa shape index (κ3) is 1.60. The predicted molar refractivity (Wildman–Crippen MR) is 78.2 cm³/mol. The van der Waals surface area contributed by atoms with Crippen LogP contribution < -0.4 is 4.90 Å². The van der Waals surface area contributed by atoms with Crippen LogP contribution in [0.15, 0.2) is 67.2 Å². The van der Waals surface area contributed by atoms with Crippen LogP contribution in [-0.4, -0.2) is 19.6 Å². The first-order chi connectivity index (χ1) is 9.93. The summed E-state index contributed by atoms with van der Waals surface area (Å²) in [6, 6.07) is 8.07. The van der Waals surface area contributed by atoms with E-state index in [1.165, 1.54) is 0 Å². The number of rotatable bonds is 1. The maximum atomic E-state index is 4.35. The molecule has 0 atom stereocenters. The Morgan fingerprint density at radius 2 is 1.65 bits per heavy atom. The lowest BCUT2D eigenvalue weighted by molar-refractivity contribution is 1.05. The molecule has 2 aromatic heterocycles. The van der Waals surface area contributed by atoms with Crippen molar-refractivity contribution < 1.29 is 0 Å². The number of hydrogen-bond acceptors (Lipinski definition) is 4. The van der Waals surface area contributed by atoms with Gasteiger partial charge in [0.15, 0.2) is 0 Å². The summed E-state index contributed by atoms with van der Waals surface area (Å²) in [5.41, 5.74) is 1.04. The smallest absolute Gasteiger partial charge is 0.256 e. The van der Waals surface area contributed by atoms with E-state index in [0.29, 0.717) is 5.78 Å². The first-order valence-corrected chi connectivity index (χ1v) is 6.32. The molecule has 0 saturated heterocycles. The second kappa shape index (κ2) is 4.31. The fraction of sp³-hybridized carbons (Fsp3) is 0. The lowest BCUT2D eigenvalue weighted by Gasteiger charge is -2.12. The predicted octanol–water partition coefficient (Wildman–Crippen LogP) is 2.68. The van der Waals surface area contributed by atoms with Crippen molar-refractivity contribution in [1.82, 2.24) is 19.6 Å². The Balaban J connectivity index is 2.02. The number of aromatic nitrogens is 4. The summed E-state index contributed by atoms with van der Waals surface area (Å²) < 4.78 is 1.95. The van der Waals surface area contributed by atoms with Gasteiger partial charge in [-0.2, -0.15) is 0 Å². The van der Waals surface area contributed by atoms with Crippen LogP contribution in [0.5, 0.6) is 0 Å². The molecule has 0 bridgehead atoms. The summed E-state index contributed by atoms with van der Waals surface area (Å²) in [6.07, 6.45) is 13.6. The molecule has 3 aromatic rings. The number of allylic oxidation sites excluding steroid dienone is 4. The molecular weight excluding hydrogens is 250 g/mol. The highest BCUT2D eigenvalue weighted by atomic mass is 15.4. The summed E-state index contributed by atoms with van der Waals surface area (Å²) in [6.45, 7) is 0. The van der Waals surface area contributed by atoms with Crippen molar-refractivity contribution in [3.05, 3.63) is 67.2 Å². The first kappa shape index (κ1) is 10.9. The second-order valence-electron chi connectivity index (χ2n) is 4.43. The van der Waals surface area contributed by atoms with Gasteiger partial charge in [-0.05, 0) is 18.2 Å². The van der Waals surface area contributed by atoms with Gasteiger partial charge in [0, 0.05) is 24.0 Å². The third-order valence-corrected chi connectivity index (χ3v) is 3.18. The van der Waals surface area contributed by atoms with Gasteiger partial charge in [-0.3, -0.25) is 4.90 Å². The van der Waals surface area contributed by atoms with Gasteiger partial charge < -0.3 is 0 Å². The second-order valence-corrected chi connectivity index (χ2v) is 4.43. The van der Waals surface area contributed by atoms with E-state index in [1.807, 2.05) is 76.5 Å². The minimum absolute atomic E-state index is 0.595. The Bertz CT molecular complexity index is 856. The molecule has 0 radical (unpaired) electrons. The fourth-order valence-electron chi connectivity index (χ4n) is 2.26. The van der Waals surface area contributed by atoms with E-state index in [-0.39, 0.29) is 0 Å². The van der Waals surface area contributed by atoms with Crippen LogP contribution in [0.2, 0.25) is 0 Å². The lowest BCUT2D eigenvalue weighted by atomic mass is 10.2. The van der Waals surface area contributed by atoms with E-state index in [0.717, 1.165) is 16.9 Å². The van der Waals surface area contributed by atoms with E-state index >= 15 is 0 Å². The normalized spacial score (nSPS) is 14.3. The Morgan fingerprint density at radius 3 is 2.50 bits per heavy atom. The minimum atomic E-state index is 0.595. The third-order valence-electron chi connectivity index (χ3n) is 3.18. The van der Waals surface area contributed by atoms with E-state index < -0.39 is 0 Å². The van der Waals surface area contributed by atoms with Crippen molar-refractivity contribution in [2.75, 3.05) is 4.90 Å². The molecule has 1 aliphatic rings. The molecule has 5 nitrogen and oxygen atoms in total. The summed E-state index contributed by atoms with van der Waals surface area (Å²) in [4.78, 5) is 6.27. The van der Waals surface area contributed by atoms with Crippen molar-refractivity contribution in [2.45, 2.75) is 0 Å². The number of nitrogens with zero attached hydrogens (tertiary/aromatic N) is 5. The van der Waals surface area contributed by atoms with Gasteiger partial charge in [0.1, 0.15) is 0 Å². The first-order valence-electron chi connectivity index (χ1n) is 6.32. The standard InChI is InChI=1S/C15H11N5/c1-2-6-10-19(9-5-1)15-18-17-14-16-11-12-7-3-4-8-13(12)20(14)15/h1-11H. The molecule has 4 rings (SSSR count). The Kier molecular flexibility index (Phi) is 2.35. The van der Waals surface area contributed by atoms with Crippen molar-refractivity contribution in [1.29, 1.82) is 0 Å². The Hall–Kier alpha value is -2.95. The molecule has 1 aliphatic heterocycles. The van der Waals surface area contributed by atoms with Crippen LogP contribution in [-0.2, 0) is 0 Å². The molecule has 0 N–H and O–H groups in total. The molecule has 20 heavy (non-hydrogen) atoms. The summed E-state index contributed by atoms with van der Waals surface area (Å²) in [5, 5.41) is 9.46. The molecule has 0 unspecified atom stereocenters. The number of hydrogen-bond donors (Lipinski definition) is 0. The molecule has 0 aliphatic carbocycles. The summed E-state index contributed by atoms with van der Waals surface area (Å²) >= 11 is 0. The highest BCUT2D eigenvalue weighted by Crippen LogP contribution is 2.21. The quantitative estimate of drug-likeness (QED) is 0.675. The highest BCUT2D eigenvalue weighted by Gasteiger charge is 2.13. The van der Waals surface area contributed by atoms with Gasteiger partial charge in [-0.15, -0.1) is 10.2 Å². The zero-order valence-corrected chi connectivity index (χ0v) is 10.6. The fourth-order valence-corrected chi connectivity index (χ4v) is 2.26. The Labute approximate surface area is 115 Å². The van der Waals surface area contributed by atoms with E-state index in [1.54, 1.807) is 0 Å². The summed E-state index contributed by atoms with van der Waals surface area (Å²) in [5.74, 6) is 1.32. The molecule has 0 fully saturated rings. The number of para-hydroxylation sites is 1. The van der Waals surface area contributed by atoms with E-state index in [4.69, 9.17) is 0 Å². The maximum Gasteiger partial charge on any atom is 0.256 e. The summed E-state index contributed by atoms with van der Waals surface area (Å²) in [7, 11) is 0. The average molecular weight is 261 g/mol. The molecule has 5 heteroatoms. The molecule has 0 saturated carbocycles. The van der Waals surface area contributed by atoms with Gasteiger partial charge in [-0.1, -0.05) is 30.4 Å².